The van der Waals surface area contributed by atoms with Gasteiger partial charge in [-0.25, -0.2) is 19.4 Å². The molecule has 0 spiro atoms. The second-order valence-electron chi connectivity index (χ2n) is 12.7. The number of carbonyl (C=O) groups excluding carboxylic acids is 1. The first-order valence-corrected chi connectivity index (χ1v) is 16.6. The Morgan fingerprint density at radius 3 is 2.48 bits per heavy atom. The Balaban J connectivity index is 1.24. The van der Waals surface area contributed by atoms with Gasteiger partial charge in [0.15, 0.2) is 5.82 Å². The van der Waals surface area contributed by atoms with Crippen molar-refractivity contribution in [3.8, 4) is 5.75 Å². The molecular formula is C35H41F4N7O4. The van der Waals surface area contributed by atoms with E-state index in [9.17, 15) is 18.0 Å². The van der Waals surface area contributed by atoms with Crippen LogP contribution in [0.4, 0.5) is 46.3 Å². The van der Waals surface area contributed by atoms with Crippen molar-refractivity contribution in [2.75, 3.05) is 60.5 Å². The number of hydrogen-bond donors (Lipinski definition) is 2. The molecule has 3 saturated heterocycles. The zero-order chi connectivity index (χ0) is 35.6. The van der Waals surface area contributed by atoms with E-state index in [0.29, 0.717) is 35.1 Å². The zero-order valence-corrected chi connectivity index (χ0v) is 28.2. The molecule has 50 heavy (non-hydrogen) atoms. The predicted molar refractivity (Wildman–Crippen MR) is 181 cm³/mol. The lowest BCUT2D eigenvalue weighted by Gasteiger charge is -2.44. The molecule has 15 heteroatoms. The molecule has 3 atom stereocenters. The van der Waals surface area contributed by atoms with Gasteiger partial charge in [-0.1, -0.05) is 18.7 Å². The number of hydrogen-bond acceptors (Lipinski definition) is 10. The third kappa shape index (κ3) is 7.64. The minimum atomic E-state index is -4.84. The summed E-state index contributed by atoms with van der Waals surface area (Å²) in [6, 6.07) is 7.94. The maximum atomic E-state index is 15.1. The minimum absolute atomic E-state index is 0.150. The summed E-state index contributed by atoms with van der Waals surface area (Å²) in [7, 11) is 1.54. The summed E-state index contributed by atoms with van der Waals surface area (Å²) in [4.78, 5) is 31.6. The van der Waals surface area contributed by atoms with Gasteiger partial charge < -0.3 is 25.0 Å². The highest BCUT2D eigenvalue weighted by Gasteiger charge is 2.38. The average Bonchev–Trinajstić information content (AvgIpc) is 3.58. The summed E-state index contributed by atoms with van der Waals surface area (Å²) in [6.45, 7) is 11.3. The monoisotopic (exact) mass is 699 g/mol. The molecule has 6 rings (SSSR count). The molecule has 3 aliphatic heterocycles. The number of piperidine rings is 1. The van der Waals surface area contributed by atoms with Gasteiger partial charge >= 0.3 is 6.18 Å². The van der Waals surface area contributed by atoms with Crippen LogP contribution in [0.2, 0.25) is 0 Å². The van der Waals surface area contributed by atoms with Crippen LogP contribution in [0.1, 0.15) is 50.3 Å². The lowest BCUT2D eigenvalue weighted by molar-refractivity contribution is -0.140. The molecule has 2 N–H and O–H groups in total. The lowest BCUT2D eigenvalue weighted by Crippen LogP contribution is -2.53. The number of morpholine rings is 1. The SMILES string of the molecule is C=CC(=O)Nc1cc(Nc2cc(N3OCC[C@@H]3c3cccc(C(F)(F)F)c3F)ncn2)c(OC)cc1N1CCC(N2C[C@@H](C)O[C@@H](C)C2)CC1. The van der Waals surface area contributed by atoms with Gasteiger partial charge in [-0.05, 0) is 44.9 Å². The number of nitrogens with one attached hydrogen (secondary N) is 2. The molecule has 1 aromatic heterocycles. The zero-order valence-electron chi connectivity index (χ0n) is 28.2. The quantitative estimate of drug-likeness (QED) is 0.191. The summed E-state index contributed by atoms with van der Waals surface area (Å²) in [5, 5.41) is 7.43. The van der Waals surface area contributed by atoms with E-state index in [1.54, 1.807) is 6.07 Å². The Morgan fingerprint density at radius 2 is 1.80 bits per heavy atom. The van der Waals surface area contributed by atoms with Crippen molar-refractivity contribution in [3.05, 3.63) is 72.3 Å². The molecule has 0 aliphatic carbocycles. The van der Waals surface area contributed by atoms with Gasteiger partial charge in [0.05, 0.1) is 54.6 Å². The maximum absolute atomic E-state index is 15.1. The summed E-state index contributed by atoms with van der Waals surface area (Å²) in [6.07, 6.45) is 0.144. The molecule has 3 aromatic rings. The summed E-state index contributed by atoms with van der Waals surface area (Å²) < 4.78 is 67.2. The first kappa shape index (κ1) is 35.4. The summed E-state index contributed by atoms with van der Waals surface area (Å²) in [5.41, 5.74) is 0.331. The molecule has 1 amide bonds. The molecule has 3 fully saturated rings. The molecule has 3 aliphatic rings. The number of hydroxylamine groups is 1. The Bertz CT molecular complexity index is 1690. The number of carbonyl (C=O) groups is 1. The van der Waals surface area contributed by atoms with Crippen LogP contribution in [0.25, 0.3) is 0 Å². The van der Waals surface area contributed by atoms with E-state index in [1.807, 2.05) is 6.07 Å². The van der Waals surface area contributed by atoms with E-state index < -0.39 is 23.6 Å². The van der Waals surface area contributed by atoms with Crippen LogP contribution >= 0.6 is 0 Å². The Labute approximate surface area is 288 Å². The van der Waals surface area contributed by atoms with Crippen LogP contribution in [0.3, 0.4) is 0 Å². The molecule has 11 nitrogen and oxygen atoms in total. The molecule has 4 heterocycles. The van der Waals surface area contributed by atoms with Crippen molar-refractivity contribution in [3.63, 3.8) is 0 Å². The van der Waals surface area contributed by atoms with Gasteiger partial charge in [-0.3, -0.25) is 14.5 Å². The number of methoxy groups -OCH3 is 1. The van der Waals surface area contributed by atoms with Crippen LogP contribution in [0.5, 0.6) is 5.75 Å². The molecule has 0 radical (unpaired) electrons. The molecule has 0 bridgehead atoms. The van der Waals surface area contributed by atoms with Gasteiger partial charge in [-0.2, -0.15) is 13.2 Å². The highest BCUT2D eigenvalue weighted by atomic mass is 19.4. The Kier molecular flexibility index (Phi) is 10.5. The Morgan fingerprint density at radius 1 is 1.06 bits per heavy atom. The highest BCUT2D eigenvalue weighted by molar-refractivity contribution is 6.02. The number of alkyl halides is 3. The Hall–Kier alpha value is -4.47. The minimum Gasteiger partial charge on any atom is -0.494 e. The van der Waals surface area contributed by atoms with E-state index in [4.69, 9.17) is 14.3 Å². The second kappa shape index (κ2) is 14.8. The number of nitrogens with zero attached hydrogens (tertiary/aromatic N) is 5. The van der Waals surface area contributed by atoms with Gasteiger partial charge in [0, 0.05) is 56.3 Å². The van der Waals surface area contributed by atoms with Crippen molar-refractivity contribution in [1.29, 1.82) is 0 Å². The van der Waals surface area contributed by atoms with Crippen molar-refractivity contribution >= 4 is 34.6 Å². The molecule has 0 unspecified atom stereocenters. The number of anilines is 5. The number of benzene rings is 2. The second-order valence-corrected chi connectivity index (χ2v) is 12.7. The van der Waals surface area contributed by atoms with E-state index in [2.05, 4.69) is 50.8 Å². The normalized spacial score (nSPS) is 22.0. The van der Waals surface area contributed by atoms with Gasteiger partial charge in [-0.15, -0.1) is 0 Å². The lowest BCUT2D eigenvalue weighted by atomic mass is 10.00. The standard InChI is InChI=1S/C35H41F4N7O4/c1-5-33(47)43-26-15-27(30(48-4)16-29(26)44-12-9-23(10-13-44)45-18-21(2)50-22(3)19-45)42-31-17-32(41-20-40-31)46-28(11-14-49-46)24-7-6-8-25(34(24)36)35(37,38)39/h5-8,15-17,20-23,28H,1,9-14,18-19H2,2-4H3,(H,43,47)(H,40,41,42)/t21-,22+,28-/m1/s1. The maximum Gasteiger partial charge on any atom is 0.419 e. The van der Waals surface area contributed by atoms with E-state index in [0.717, 1.165) is 44.7 Å². The largest absolute Gasteiger partial charge is 0.494 e. The van der Waals surface area contributed by atoms with E-state index in [-0.39, 0.29) is 42.5 Å². The fourth-order valence-corrected chi connectivity index (χ4v) is 7.05. The van der Waals surface area contributed by atoms with Gasteiger partial charge in [0.1, 0.15) is 23.7 Å². The molecule has 0 saturated carbocycles. The van der Waals surface area contributed by atoms with Crippen LogP contribution in [-0.4, -0.2) is 78.9 Å². The van der Waals surface area contributed by atoms with Crippen LogP contribution in [-0.2, 0) is 20.5 Å². The van der Waals surface area contributed by atoms with Gasteiger partial charge in [0.2, 0.25) is 5.91 Å². The van der Waals surface area contributed by atoms with Crippen LogP contribution in [0.15, 0.2) is 55.4 Å². The topological polar surface area (TPSA) is 104 Å². The van der Waals surface area contributed by atoms with E-state index >= 15 is 4.39 Å². The van der Waals surface area contributed by atoms with Crippen molar-refractivity contribution in [2.24, 2.45) is 0 Å². The fraction of sp³-hybridized carbons (Fsp3) is 0.457. The smallest absolute Gasteiger partial charge is 0.419 e. The van der Waals surface area contributed by atoms with Crippen molar-refractivity contribution in [2.45, 2.75) is 63.6 Å². The first-order valence-electron chi connectivity index (χ1n) is 16.6. The third-order valence-electron chi connectivity index (χ3n) is 9.27. The molecule has 2 aromatic carbocycles. The summed E-state index contributed by atoms with van der Waals surface area (Å²) in [5.74, 6) is -0.727. The number of halogens is 4. The van der Waals surface area contributed by atoms with Crippen LogP contribution in [0, 0.1) is 5.82 Å². The number of rotatable bonds is 9. The predicted octanol–water partition coefficient (Wildman–Crippen LogP) is 6.47. The number of ether oxygens (including phenoxy) is 2. The first-order chi connectivity index (χ1) is 23.9. The summed E-state index contributed by atoms with van der Waals surface area (Å²) >= 11 is 0. The van der Waals surface area contributed by atoms with Crippen molar-refractivity contribution < 1.29 is 36.7 Å². The highest BCUT2D eigenvalue weighted by Crippen LogP contribution is 2.42. The number of amides is 1. The van der Waals surface area contributed by atoms with E-state index in [1.165, 1.54) is 42.8 Å². The fourth-order valence-electron chi connectivity index (χ4n) is 7.05. The molecular weight excluding hydrogens is 658 g/mol. The van der Waals surface area contributed by atoms with Gasteiger partial charge in [0.25, 0.3) is 0 Å². The average molecular weight is 700 g/mol. The van der Waals surface area contributed by atoms with Crippen LogP contribution < -0.4 is 25.3 Å². The molecule has 268 valence electrons. The van der Waals surface area contributed by atoms with Crippen molar-refractivity contribution in [1.82, 2.24) is 14.9 Å². The third-order valence-corrected chi connectivity index (χ3v) is 9.27. The number of aromatic nitrogens is 2.